The Morgan fingerprint density at radius 2 is 1.50 bits per heavy atom. The topological polar surface area (TPSA) is 0 Å². The molecule has 0 saturated heterocycles. The largest absolute Gasteiger partial charge is 0.0848 e. The zero-order valence-corrected chi connectivity index (χ0v) is 12.8. The highest BCUT2D eigenvalue weighted by Crippen LogP contribution is 2.46. The Bertz CT molecular complexity index is 254. The first-order chi connectivity index (χ1) is 8.74. The van der Waals surface area contributed by atoms with Crippen molar-refractivity contribution in [2.75, 3.05) is 0 Å². The van der Waals surface area contributed by atoms with Crippen molar-refractivity contribution < 1.29 is 0 Å². The minimum absolute atomic E-state index is 0.937. The summed E-state index contributed by atoms with van der Waals surface area (Å²) in [7, 11) is 0. The fourth-order valence-electron chi connectivity index (χ4n) is 4.33. The first-order valence-corrected chi connectivity index (χ1v) is 8.44. The van der Waals surface area contributed by atoms with Crippen LogP contribution in [-0.2, 0) is 0 Å². The minimum atomic E-state index is 0.937. The highest BCUT2D eigenvalue weighted by molar-refractivity contribution is 5.16. The first kappa shape index (κ1) is 14.2. The van der Waals surface area contributed by atoms with E-state index in [-0.39, 0.29) is 0 Å². The van der Waals surface area contributed by atoms with Gasteiger partial charge in [-0.25, -0.2) is 0 Å². The van der Waals surface area contributed by atoms with Crippen LogP contribution in [0.15, 0.2) is 11.6 Å². The fourth-order valence-corrected chi connectivity index (χ4v) is 4.33. The van der Waals surface area contributed by atoms with Gasteiger partial charge in [0.15, 0.2) is 0 Å². The van der Waals surface area contributed by atoms with Gasteiger partial charge in [0.2, 0.25) is 0 Å². The van der Waals surface area contributed by atoms with Crippen LogP contribution in [0.4, 0.5) is 0 Å². The van der Waals surface area contributed by atoms with Crippen LogP contribution in [0.5, 0.6) is 0 Å². The van der Waals surface area contributed by atoms with Gasteiger partial charge in [-0.2, -0.15) is 0 Å². The number of rotatable bonds is 5. The molecule has 18 heavy (non-hydrogen) atoms. The lowest BCUT2D eigenvalue weighted by molar-refractivity contribution is 0.380. The van der Waals surface area contributed by atoms with Crippen LogP contribution in [0.2, 0.25) is 0 Å². The summed E-state index contributed by atoms with van der Waals surface area (Å²) >= 11 is 0. The molecule has 2 aliphatic carbocycles. The van der Waals surface area contributed by atoms with Crippen LogP contribution < -0.4 is 0 Å². The van der Waals surface area contributed by atoms with E-state index in [9.17, 15) is 0 Å². The second-order valence-electron chi connectivity index (χ2n) is 6.88. The summed E-state index contributed by atoms with van der Waals surface area (Å²) in [5, 5.41) is 0. The van der Waals surface area contributed by atoms with Crippen molar-refractivity contribution in [1.82, 2.24) is 0 Å². The summed E-state index contributed by atoms with van der Waals surface area (Å²) in [6.45, 7) is 7.29. The van der Waals surface area contributed by atoms with Crippen LogP contribution in [0.1, 0.15) is 78.6 Å². The molecule has 2 saturated carbocycles. The van der Waals surface area contributed by atoms with Gasteiger partial charge in [-0.15, -0.1) is 0 Å². The molecule has 0 radical (unpaired) electrons. The summed E-state index contributed by atoms with van der Waals surface area (Å²) in [6, 6.07) is 0. The molecule has 4 atom stereocenters. The summed E-state index contributed by atoms with van der Waals surface area (Å²) in [5.74, 6) is 3.77. The van der Waals surface area contributed by atoms with Gasteiger partial charge < -0.3 is 0 Å². The normalized spacial score (nSPS) is 35.9. The van der Waals surface area contributed by atoms with E-state index in [0.29, 0.717) is 0 Å². The van der Waals surface area contributed by atoms with Crippen molar-refractivity contribution >= 4 is 0 Å². The number of hydrogen-bond donors (Lipinski definition) is 0. The average Bonchev–Trinajstić information content (AvgIpc) is 2.95. The standard InChI is InChI=1S/C18H32/c1-4-5-6-11-18(16-12-7-9-14(16)2)17-13-8-10-15(17)3/h11,14-17H,4-10,12-13H2,1-3H3. The van der Waals surface area contributed by atoms with Crippen molar-refractivity contribution in [1.29, 1.82) is 0 Å². The van der Waals surface area contributed by atoms with Gasteiger partial charge in [0.25, 0.3) is 0 Å². The monoisotopic (exact) mass is 248 g/mol. The SMILES string of the molecule is CCCCC=C(C1CCCC1C)C1CCCC1C. The summed E-state index contributed by atoms with van der Waals surface area (Å²) in [5.41, 5.74) is 1.89. The van der Waals surface area contributed by atoms with E-state index in [1.165, 1.54) is 57.8 Å². The second kappa shape index (κ2) is 6.78. The molecule has 0 aliphatic heterocycles. The Kier molecular flexibility index (Phi) is 5.33. The number of unbranched alkanes of at least 4 members (excludes halogenated alkanes) is 2. The highest BCUT2D eigenvalue weighted by Gasteiger charge is 2.34. The van der Waals surface area contributed by atoms with Crippen LogP contribution in [-0.4, -0.2) is 0 Å². The van der Waals surface area contributed by atoms with Gasteiger partial charge in [-0.3, -0.25) is 0 Å². The summed E-state index contributed by atoms with van der Waals surface area (Å²) in [6.07, 6.45) is 15.5. The Labute approximate surface area is 114 Å². The van der Waals surface area contributed by atoms with Crippen molar-refractivity contribution in [2.24, 2.45) is 23.7 Å². The Balaban J connectivity index is 2.09. The summed E-state index contributed by atoms with van der Waals surface area (Å²) in [4.78, 5) is 0. The second-order valence-corrected chi connectivity index (χ2v) is 6.88. The third-order valence-corrected chi connectivity index (χ3v) is 5.52. The molecule has 0 aromatic heterocycles. The molecule has 0 bridgehead atoms. The molecule has 4 unspecified atom stereocenters. The molecule has 2 aliphatic rings. The van der Waals surface area contributed by atoms with Crippen LogP contribution in [0.25, 0.3) is 0 Å². The van der Waals surface area contributed by atoms with E-state index in [1.807, 2.05) is 5.57 Å². The third-order valence-electron chi connectivity index (χ3n) is 5.52. The maximum Gasteiger partial charge on any atom is -0.0175 e. The molecule has 0 aromatic rings. The quantitative estimate of drug-likeness (QED) is 0.415. The fraction of sp³-hybridized carbons (Fsp3) is 0.889. The van der Waals surface area contributed by atoms with E-state index < -0.39 is 0 Å². The van der Waals surface area contributed by atoms with Crippen molar-refractivity contribution in [2.45, 2.75) is 78.6 Å². The molecule has 0 amide bonds. The van der Waals surface area contributed by atoms with Gasteiger partial charge in [0, 0.05) is 0 Å². The first-order valence-electron chi connectivity index (χ1n) is 8.44. The molecule has 104 valence electrons. The smallest absolute Gasteiger partial charge is 0.0175 e. The molecule has 0 N–H and O–H groups in total. The molecular formula is C18H32. The van der Waals surface area contributed by atoms with Crippen molar-refractivity contribution in [3.05, 3.63) is 11.6 Å². The Morgan fingerprint density at radius 3 is 1.89 bits per heavy atom. The molecule has 2 fully saturated rings. The molecule has 0 heteroatoms. The number of allylic oxidation sites excluding steroid dienone is 2. The lowest BCUT2D eigenvalue weighted by Crippen LogP contribution is -2.18. The molecule has 0 spiro atoms. The Morgan fingerprint density at radius 1 is 0.944 bits per heavy atom. The predicted molar refractivity (Wildman–Crippen MR) is 80.6 cm³/mol. The molecule has 2 rings (SSSR count). The lowest BCUT2D eigenvalue weighted by atomic mass is 9.77. The van der Waals surface area contributed by atoms with E-state index in [2.05, 4.69) is 26.8 Å². The van der Waals surface area contributed by atoms with Gasteiger partial charge in [0.05, 0.1) is 0 Å². The summed E-state index contributed by atoms with van der Waals surface area (Å²) < 4.78 is 0. The Hall–Kier alpha value is -0.260. The van der Waals surface area contributed by atoms with E-state index in [1.54, 1.807) is 0 Å². The maximum absolute atomic E-state index is 2.67. The van der Waals surface area contributed by atoms with Crippen molar-refractivity contribution in [3.63, 3.8) is 0 Å². The maximum atomic E-state index is 2.67. The zero-order valence-electron chi connectivity index (χ0n) is 12.8. The van der Waals surface area contributed by atoms with Crippen molar-refractivity contribution in [3.8, 4) is 0 Å². The van der Waals surface area contributed by atoms with E-state index in [0.717, 1.165) is 23.7 Å². The highest BCUT2D eigenvalue weighted by atomic mass is 14.4. The van der Waals surface area contributed by atoms with Gasteiger partial charge in [0.1, 0.15) is 0 Å². The molecule has 0 aromatic carbocycles. The van der Waals surface area contributed by atoms with Gasteiger partial charge in [-0.05, 0) is 42.9 Å². The predicted octanol–water partition coefficient (Wildman–Crippen LogP) is 5.98. The van der Waals surface area contributed by atoms with E-state index in [4.69, 9.17) is 0 Å². The molecule has 0 heterocycles. The third kappa shape index (κ3) is 3.19. The van der Waals surface area contributed by atoms with Crippen LogP contribution in [0.3, 0.4) is 0 Å². The van der Waals surface area contributed by atoms with Crippen LogP contribution >= 0.6 is 0 Å². The van der Waals surface area contributed by atoms with Gasteiger partial charge in [-0.1, -0.05) is 70.9 Å². The zero-order chi connectivity index (χ0) is 13.0. The van der Waals surface area contributed by atoms with Gasteiger partial charge >= 0.3 is 0 Å². The average molecular weight is 248 g/mol. The minimum Gasteiger partial charge on any atom is -0.0848 e. The van der Waals surface area contributed by atoms with E-state index >= 15 is 0 Å². The molecule has 0 nitrogen and oxygen atoms in total. The lowest BCUT2D eigenvalue weighted by Gasteiger charge is -2.28. The number of hydrogen-bond acceptors (Lipinski definition) is 0. The van der Waals surface area contributed by atoms with Crippen LogP contribution in [0, 0.1) is 23.7 Å². The molecular weight excluding hydrogens is 216 g/mol.